The highest BCUT2D eigenvalue weighted by Gasteiger charge is 2.48. The smallest absolute Gasteiger partial charge is 0.0625 e. The Bertz CT molecular complexity index is 3160. The van der Waals surface area contributed by atoms with Gasteiger partial charge >= 0.3 is 0 Å². The summed E-state index contributed by atoms with van der Waals surface area (Å²) in [4.78, 5) is 0. The first kappa shape index (κ1) is 42.1. The van der Waals surface area contributed by atoms with Crippen molar-refractivity contribution in [1.29, 1.82) is 0 Å². The minimum atomic E-state index is -2.97. The number of fused-ring (bicyclic) bond motifs is 3. The van der Waals surface area contributed by atoms with Crippen molar-refractivity contribution in [2.75, 3.05) is 0 Å². The topological polar surface area (TPSA) is 0 Å². The minimum absolute atomic E-state index is 0.215. The van der Waals surface area contributed by atoms with Crippen LogP contribution >= 0.6 is 0 Å². The molecule has 0 N–H and O–H groups in total. The van der Waals surface area contributed by atoms with Crippen LogP contribution in [0.15, 0.2) is 267 Å². The van der Waals surface area contributed by atoms with Gasteiger partial charge in [-0.15, -0.1) is 0 Å². The van der Waals surface area contributed by atoms with E-state index in [1.54, 1.807) is 0 Å². The third-order valence-corrected chi connectivity index (χ3v) is 20.1. The van der Waals surface area contributed by atoms with E-state index in [9.17, 15) is 0 Å². The molecule has 1 heterocycles. The third-order valence-electron chi connectivity index (χ3n) is 14.5. The Labute approximate surface area is 398 Å². The molecule has 1 aliphatic rings. The summed E-state index contributed by atoms with van der Waals surface area (Å²) in [5, 5.41) is 2.99. The molecular weight excluding hydrogens is 821 g/mol. The lowest BCUT2D eigenvalue weighted by Crippen LogP contribution is -2.63. The molecule has 0 aliphatic carbocycles. The summed E-state index contributed by atoms with van der Waals surface area (Å²) in [5.74, 6) is 0.232. The number of aryl methyl sites for hydroxylation is 1. The average molecular weight is 875 g/mol. The van der Waals surface area contributed by atoms with E-state index >= 15 is 0 Å². The molecule has 0 saturated carbocycles. The second-order valence-corrected chi connectivity index (χ2v) is 22.6. The van der Waals surface area contributed by atoms with E-state index < -0.39 is 8.07 Å². The van der Waals surface area contributed by atoms with Gasteiger partial charge in [-0.25, -0.2) is 0 Å². The molecule has 0 nitrogen and oxygen atoms in total. The van der Waals surface area contributed by atoms with Crippen molar-refractivity contribution in [3.8, 4) is 55.6 Å². The molecule has 0 fully saturated rings. The normalized spacial score (nSPS) is 15.3. The zero-order chi connectivity index (χ0) is 44.8. The molecule has 0 saturated heterocycles. The molecule has 1 heteroatoms. The molecule has 10 aromatic rings. The molecule has 2 atom stereocenters. The summed E-state index contributed by atoms with van der Waals surface area (Å²) in [7, 11) is -2.97. The van der Waals surface area contributed by atoms with E-state index in [1.807, 2.05) is 0 Å². The summed E-state index contributed by atoms with van der Waals surface area (Å²) < 4.78 is 0. The highest BCUT2D eigenvalue weighted by Crippen LogP contribution is 2.47. The molecule has 10 aromatic carbocycles. The van der Waals surface area contributed by atoms with Gasteiger partial charge in [0, 0.05) is 0 Å². The first-order valence-corrected chi connectivity index (χ1v) is 26.3. The van der Waals surface area contributed by atoms with Crippen molar-refractivity contribution >= 4 is 18.4 Å². The lowest BCUT2D eigenvalue weighted by molar-refractivity contribution is 0.720. The van der Waals surface area contributed by atoms with E-state index in [4.69, 9.17) is 0 Å². The maximum absolute atomic E-state index is 2.97. The van der Waals surface area contributed by atoms with Crippen LogP contribution in [0.5, 0.6) is 0 Å². The van der Waals surface area contributed by atoms with Crippen molar-refractivity contribution in [1.82, 2.24) is 0 Å². The van der Waals surface area contributed by atoms with Crippen LogP contribution < -0.4 is 10.4 Å². The van der Waals surface area contributed by atoms with Crippen molar-refractivity contribution in [3.63, 3.8) is 0 Å². The monoisotopic (exact) mass is 874 g/mol. The fourth-order valence-electron chi connectivity index (χ4n) is 11.2. The number of hydrogen-bond acceptors (Lipinski definition) is 0. The Kier molecular flexibility index (Phi) is 12.0. The van der Waals surface area contributed by atoms with Crippen LogP contribution in [0, 0.1) is 0 Å². The Balaban J connectivity index is 1.20. The van der Waals surface area contributed by atoms with Crippen LogP contribution in [0.4, 0.5) is 0 Å². The molecule has 322 valence electrons. The maximum Gasteiger partial charge on any atom is 0.126 e. The van der Waals surface area contributed by atoms with Crippen LogP contribution in [0.3, 0.4) is 0 Å². The summed E-state index contributed by atoms with van der Waals surface area (Å²) in [6, 6.07) is 102. The van der Waals surface area contributed by atoms with Crippen LogP contribution in [0.1, 0.15) is 40.1 Å². The second-order valence-electron chi connectivity index (χ2n) is 18.4. The summed E-state index contributed by atoms with van der Waals surface area (Å²) >= 11 is 0. The van der Waals surface area contributed by atoms with Gasteiger partial charge in [-0.3, -0.25) is 0 Å². The van der Waals surface area contributed by atoms with Crippen molar-refractivity contribution < 1.29 is 0 Å². The second kappa shape index (κ2) is 19.1. The Morgan fingerprint density at radius 1 is 0.343 bits per heavy atom. The van der Waals surface area contributed by atoms with Crippen LogP contribution in [-0.4, -0.2) is 8.07 Å². The maximum atomic E-state index is 2.60. The predicted molar refractivity (Wildman–Crippen MR) is 287 cm³/mol. The third kappa shape index (κ3) is 8.67. The molecule has 0 amide bonds. The largest absolute Gasteiger partial charge is 0.126 e. The van der Waals surface area contributed by atoms with Gasteiger partial charge in [0.05, 0.1) is 0 Å². The van der Waals surface area contributed by atoms with Crippen molar-refractivity contribution in [2.45, 2.75) is 36.8 Å². The molecule has 1 aliphatic heterocycles. The fraction of sp³-hybridized carbons (Fsp3) is 0.0909. The molecule has 67 heavy (non-hydrogen) atoms. The summed E-state index contributed by atoms with van der Waals surface area (Å²) in [6.07, 6.45) is 2.91. The quantitative estimate of drug-likeness (QED) is 0.120. The zero-order valence-corrected chi connectivity index (χ0v) is 38.9. The zero-order valence-electron chi connectivity index (χ0n) is 37.9. The Morgan fingerprint density at radius 2 is 0.776 bits per heavy atom. The van der Waals surface area contributed by atoms with Crippen molar-refractivity contribution in [3.05, 3.63) is 289 Å². The van der Waals surface area contributed by atoms with E-state index in [1.165, 1.54) is 88.3 Å². The van der Waals surface area contributed by atoms with Gasteiger partial charge in [0.25, 0.3) is 0 Å². The predicted octanol–water partition coefficient (Wildman–Crippen LogP) is 15.9. The lowest BCUT2D eigenvalue weighted by Gasteiger charge is -2.43. The van der Waals surface area contributed by atoms with Gasteiger partial charge in [0.15, 0.2) is 0 Å². The first-order valence-electron chi connectivity index (χ1n) is 24.0. The standard InChI is InChI=1S/C66H54Si/c1-5-22-50(23-6-1)54-31-17-21-49(43-54)41-42-66-65-40-16-15-39-64(65)63-38-14-13-30-59(63)45-60(56-33-18-32-55(44-56)51-24-7-2-8-25-51)48-67(66,61-36-19-34-57(46-61)52-26-9-3-10-27-52)62-37-20-35-58(47-62)53-28-11-4-12-29-53/h1-40,43-44,46-47,60,66H,41-42,45,48H2. The number of rotatable bonds is 10. The van der Waals surface area contributed by atoms with Crippen molar-refractivity contribution in [2.24, 2.45) is 0 Å². The van der Waals surface area contributed by atoms with Crippen LogP contribution in [-0.2, 0) is 12.8 Å². The highest BCUT2D eigenvalue weighted by atomic mass is 28.3. The van der Waals surface area contributed by atoms with E-state index in [2.05, 4.69) is 267 Å². The molecule has 2 unspecified atom stereocenters. The Morgan fingerprint density at radius 3 is 1.34 bits per heavy atom. The van der Waals surface area contributed by atoms with E-state index in [0.29, 0.717) is 0 Å². The molecule has 0 radical (unpaired) electrons. The highest BCUT2D eigenvalue weighted by molar-refractivity contribution is 7.03. The van der Waals surface area contributed by atoms with Crippen LogP contribution in [0.25, 0.3) is 55.6 Å². The molecule has 0 bridgehead atoms. The number of benzene rings is 10. The summed E-state index contributed by atoms with van der Waals surface area (Å²) in [5.41, 5.74) is 18.7. The lowest BCUT2D eigenvalue weighted by atomic mass is 9.86. The fourth-order valence-corrected chi connectivity index (χ4v) is 17.3. The molecular formula is C66H54Si. The van der Waals surface area contributed by atoms with Gasteiger partial charge < -0.3 is 0 Å². The Hall–Kier alpha value is -7.58. The average Bonchev–Trinajstić information content (AvgIpc) is 3.46. The molecule has 0 aromatic heterocycles. The van der Waals surface area contributed by atoms with Gasteiger partial charge in [0.1, 0.15) is 8.07 Å². The first-order chi connectivity index (χ1) is 33.2. The van der Waals surface area contributed by atoms with E-state index in [0.717, 1.165) is 25.3 Å². The van der Waals surface area contributed by atoms with Crippen LogP contribution in [0.2, 0.25) is 6.04 Å². The number of hydrogen-bond donors (Lipinski definition) is 0. The molecule has 11 rings (SSSR count). The van der Waals surface area contributed by atoms with Gasteiger partial charge in [-0.1, -0.05) is 277 Å². The SMILES string of the molecule is c1ccc(-c2cccc(CCC3c4ccccc4-c4ccccc4CC(c4cccc(-c5ccccc5)c4)C[Si]3(c3cccc(-c4ccccc4)c3)c3cccc(-c4ccccc4)c3)c2)cc1. The van der Waals surface area contributed by atoms with Gasteiger partial charge in [-0.05, 0) is 115 Å². The van der Waals surface area contributed by atoms with Gasteiger partial charge in [-0.2, -0.15) is 0 Å². The molecule has 0 spiro atoms. The minimum Gasteiger partial charge on any atom is -0.0625 e. The summed E-state index contributed by atoms with van der Waals surface area (Å²) in [6.45, 7) is 0. The van der Waals surface area contributed by atoms with Gasteiger partial charge in [0.2, 0.25) is 0 Å². The van der Waals surface area contributed by atoms with E-state index in [-0.39, 0.29) is 11.5 Å².